The lowest BCUT2D eigenvalue weighted by Gasteiger charge is -2.30. The molecule has 4 heteroatoms. The zero-order valence-corrected chi connectivity index (χ0v) is 13.4. The minimum absolute atomic E-state index is 0.128. The molecule has 1 heterocycles. The molecule has 1 saturated heterocycles. The molecule has 0 saturated carbocycles. The molecule has 0 aliphatic carbocycles. The van der Waals surface area contributed by atoms with E-state index in [1.54, 1.807) is 0 Å². The second-order valence-corrected chi connectivity index (χ2v) is 6.05. The minimum Gasteiger partial charge on any atom is -0.300 e. The first-order chi connectivity index (χ1) is 9.97. The van der Waals surface area contributed by atoms with Crippen LogP contribution in [0.1, 0.15) is 48.2 Å². The molecule has 0 atom stereocenters. The van der Waals surface area contributed by atoms with Gasteiger partial charge in [0.15, 0.2) is 0 Å². The normalized spacial score (nSPS) is 16.1. The molecule has 0 unspecified atom stereocenters. The summed E-state index contributed by atoms with van der Waals surface area (Å²) in [6, 6.07) is 6.31. The summed E-state index contributed by atoms with van der Waals surface area (Å²) in [5, 5.41) is 4.30. The number of aryl methyl sites for hydroxylation is 2. The van der Waals surface area contributed by atoms with Gasteiger partial charge < -0.3 is 4.90 Å². The number of rotatable bonds is 3. The molecule has 1 aromatic carbocycles. The standard InChI is InChI=1S/C17H25N3O/c1-12(2)20-9-7-16(8-10-20)18-19-17(21)15-6-5-13(3)14(4)11-15/h5-6,11-12H,7-10H2,1-4H3,(H,19,21). The van der Waals surface area contributed by atoms with Crippen molar-refractivity contribution in [2.45, 2.75) is 46.6 Å². The maximum Gasteiger partial charge on any atom is 0.271 e. The second-order valence-electron chi connectivity index (χ2n) is 6.05. The summed E-state index contributed by atoms with van der Waals surface area (Å²) < 4.78 is 0. The van der Waals surface area contributed by atoms with Crippen LogP contribution in [0.4, 0.5) is 0 Å². The molecule has 1 amide bonds. The topological polar surface area (TPSA) is 44.7 Å². The van der Waals surface area contributed by atoms with E-state index in [-0.39, 0.29) is 5.91 Å². The fourth-order valence-electron chi connectivity index (χ4n) is 2.49. The Bertz CT molecular complexity index is 539. The summed E-state index contributed by atoms with van der Waals surface area (Å²) >= 11 is 0. The maximum absolute atomic E-state index is 12.1. The van der Waals surface area contributed by atoms with Gasteiger partial charge >= 0.3 is 0 Å². The highest BCUT2D eigenvalue weighted by Crippen LogP contribution is 2.11. The Balaban J connectivity index is 1.92. The van der Waals surface area contributed by atoms with Gasteiger partial charge in [0.25, 0.3) is 5.91 Å². The third-order valence-corrected chi connectivity index (χ3v) is 4.19. The van der Waals surface area contributed by atoms with Crippen LogP contribution in [-0.2, 0) is 0 Å². The third kappa shape index (κ3) is 4.14. The van der Waals surface area contributed by atoms with Gasteiger partial charge in [-0.05, 0) is 51.0 Å². The molecule has 1 fully saturated rings. The van der Waals surface area contributed by atoms with Crippen molar-refractivity contribution in [1.29, 1.82) is 0 Å². The number of amides is 1. The smallest absolute Gasteiger partial charge is 0.271 e. The molecule has 0 bridgehead atoms. The molecule has 1 aliphatic heterocycles. The number of hydrogen-bond donors (Lipinski definition) is 1. The van der Waals surface area contributed by atoms with Crippen LogP contribution in [0.25, 0.3) is 0 Å². The van der Waals surface area contributed by atoms with E-state index in [2.05, 4.69) is 29.3 Å². The summed E-state index contributed by atoms with van der Waals surface area (Å²) in [6.45, 7) is 10.5. The first-order valence-electron chi connectivity index (χ1n) is 7.64. The van der Waals surface area contributed by atoms with Gasteiger partial charge in [-0.2, -0.15) is 5.10 Å². The van der Waals surface area contributed by atoms with Crippen molar-refractivity contribution in [3.8, 4) is 0 Å². The highest BCUT2D eigenvalue weighted by Gasteiger charge is 2.17. The molecule has 21 heavy (non-hydrogen) atoms. The second kappa shape index (κ2) is 6.85. The number of piperidine rings is 1. The first kappa shape index (κ1) is 15.7. The van der Waals surface area contributed by atoms with Crippen molar-refractivity contribution < 1.29 is 4.79 Å². The number of hydrazone groups is 1. The van der Waals surface area contributed by atoms with Crippen LogP contribution < -0.4 is 5.43 Å². The van der Waals surface area contributed by atoms with Crippen molar-refractivity contribution in [1.82, 2.24) is 10.3 Å². The van der Waals surface area contributed by atoms with Gasteiger partial charge in [0.05, 0.1) is 0 Å². The van der Waals surface area contributed by atoms with E-state index < -0.39 is 0 Å². The average molecular weight is 287 g/mol. The van der Waals surface area contributed by atoms with Crippen molar-refractivity contribution in [3.05, 3.63) is 34.9 Å². The largest absolute Gasteiger partial charge is 0.300 e. The number of hydrogen-bond acceptors (Lipinski definition) is 3. The number of carbonyl (C=O) groups is 1. The zero-order chi connectivity index (χ0) is 15.4. The van der Waals surface area contributed by atoms with Gasteiger partial charge in [-0.1, -0.05) is 6.07 Å². The van der Waals surface area contributed by atoms with Crippen LogP contribution in [0.15, 0.2) is 23.3 Å². The van der Waals surface area contributed by atoms with Crippen LogP contribution in [0.5, 0.6) is 0 Å². The molecule has 114 valence electrons. The molecule has 0 aromatic heterocycles. The summed E-state index contributed by atoms with van der Waals surface area (Å²) in [6.07, 6.45) is 1.87. The van der Waals surface area contributed by atoms with Crippen LogP contribution >= 0.6 is 0 Å². The lowest BCUT2D eigenvalue weighted by molar-refractivity contribution is 0.0954. The van der Waals surface area contributed by atoms with Crippen molar-refractivity contribution in [2.75, 3.05) is 13.1 Å². The van der Waals surface area contributed by atoms with E-state index in [1.807, 2.05) is 32.0 Å². The van der Waals surface area contributed by atoms with Crippen LogP contribution in [0.2, 0.25) is 0 Å². The Hall–Kier alpha value is -1.68. The number of likely N-dealkylation sites (tertiary alicyclic amines) is 1. The monoisotopic (exact) mass is 287 g/mol. The predicted octanol–water partition coefficient (Wildman–Crippen LogP) is 2.89. The maximum atomic E-state index is 12.1. The van der Waals surface area contributed by atoms with Crippen molar-refractivity contribution in [2.24, 2.45) is 5.10 Å². The Morgan fingerprint density at radius 1 is 1.19 bits per heavy atom. The molecular formula is C17H25N3O. The quantitative estimate of drug-likeness (QED) is 0.869. The molecule has 0 radical (unpaired) electrons. The zero-order valence-electron chi connectivity index (χ0n) is 13.4. The summed E-state index contributed by atoms with van der Waals surface area (Å²) in [4.78, 5) is 14.5. The number of benzene rings is 1. The number of carbonyl (C=O) groups excluding carboxylic acids is 1. The molecule has 1 N–H and O–H groups in total. The fourth-order valence-corrected chi connectivity index (χ4v) is 2.49. The van der Waals surface area contributed by atoms with Gasteiger partial charge in [0, 0.05) is 43.2 Å². The predicted molar refractivity (Wildman–Crippen MR) is 86.8 cm³/mol. The first-order valence-corrected chi connectivity index (χ1v) is 7.64. The Morgan fingerprint density at radius 2 is 1.86 bits per heavy atom. The van der Waals surface area contributed by atoms with E-state index in [0.717, 1.165) is 37.2 Å². The molecule has 2 rings (SSSR count). The molecule has 4 nitrogen and oxygen atoms in total. The summed E-state index contributed by atoms with van der Waals surface area (Å²) in [5.41, 5.74) is 6.76. The Labute approximate surface area is 127 Å². The van der Waals surface area contributed by atoms with Crippen LogP contribution in [-0.4, -0.2) is 35.7 Å². The van der Waals surface area contributed by atoms with E-state index in [4.69, 9.17) is 0 Å². The Kier molecular flexibility index (Phi) is 5.12. The van der Waals surface area contributed by atoms with Crippen LogP contribution in [0, 0.1) is 13.8 Å². The SMILES string of the molecule is Cc1ccc(C(=O)NN=C2CCN(C(C)C)CC2)cc1C. The molecular weight excluding hydrogens is 262 g/mol. The summed E-state index contributed by atoms with van der Waals surface area (Å²) in [5.74, 6) is -0.128. The van der Waals surface area contributed by atoms with Crippen molar-refractivity contribution in [3.63, 3.8) is 0 Å². The highest BCUT2D eigenvalue weighted by atomic mass is 16.2. The Morgan fingerprint density at radius 3 is 2.43 bits per heavy atom. The van der Waals surface area contributed by atoms with E-state index in [9.17, 15) is 4.79 Å². The van der Waals surface area contributed by atoms with Gasteiger partial charge in [-0.3, -0.25) is 4.79 Å². The average Bonchev–Trinajstić information content (AvgIpc) is 2.48. The van der Waals surface area contributed by atoms with Crippen molar-refractivity contribution >= 4 is 11.6 Å². The highest BCUT2D eigenvalue weighted by molar-refractivity contribution is 5.95. The van der Waals surface area contributed by atoms with Crippen LogP contribution in [0.3, 0.4) is 0 Å². The molecule has 1 aromatic rings. The lowest BCUT2D eigenvalue weighted by Crippen LogP contribution is -2.39. The third-order valence-electron chi connectivity index (χ3n) is 4.19. The number of nitrogens with zero attached hydrogens (tertiary/aromatic N) is 2. The molecule has 1 aliphatic rings. The molecule has 0 spiro atoms. The van der Waals surface area contributed by atoms with E-state index in [1.165, 1.54) is 5.56 Å². The summed E-state index contributed by atoms with van der Waals surface area (Å²) in [7, 11) is 0. The lowest BCUT2D eigenvalue weighted by atomic mass is 10.1. The minimum atomic E-state index is -0.128. The van der Waals surface area contributed by atoms with Gasteiger partial charge in [-0.15, -0.1) is 0 Å². The van der Waals surface area contributed by atoms with E-state index >= 15 is 0 Å². The van der Waals surface area contributed by atoms with E-state index in [0.29, 0.717) is 11.6 Å². The number of nitrogens with one attached hydrogen (secondary N) is 1. The van der Waals surface area contributed by atoms with Gasteiger partial charge in [0.2, 0.25) is 0 Å². The fraction of sp³-hybridized carbons (Fsp3) is 0.529. The van der Waals surface area contributed by atoms with Gasteiger partial charge in [0.1, 0.15) is 0 Å². The van der Waals surface area contributed by atoms with Gasteiger partial charge in [-0.25, -0.2) is 5.43 Å².